The molecule has 1 aliphatic rings. The Bertz CT molecular complexity index is 796. The predicted octanol–water partition coefficient (Wildman–Crippen LogP) is 5.30. The highest BCUT2D eigenvalue weighted by Crippen LogP contribution is 2.36. The summed E-state index contributed by atoms with van der Waals surface area (Å²) >= 11 is 0. The van der Waals surface area contributed by atoms with Crippen molar-refractivity contribution in [1.82, 2.24) is 5.32 Å². The Morgan fingerprint density at radius 1 is 1.04 bits per heavy atom. The number of benzene rings is 1. The first-order chi connectivity index (χ1) is 12.8. The molecule has 0 atom stereocenters. The summed E-state index contributed by atoms with van der Waals surface area (Å²) in [5, 5.41) is 23.2. The van der Waals surface area contributed by atoms with Gasteiger partial charge >= 0.3 is 0 Å². The first-order valence-corrected chi connectivity index (χ1v) is 9.59. The molecule has 4 heteroatoms. The summed E-state index contributed by atoms with van der Waals surface area (Å²) in [4.78, 5) is 11.7. The maximum atomic E-state index is 11.7. The van der Waals surface area contributed by atoms with Gasteiger partial charge in [-0.1, -0.05) is 34.9 Å². The molecule has 146 valence electrons. The Morgan fingerprint density at radius 3 is 2.33 bits per heavy atom. The van der Waals surface area contributed by atoms with Gasteiger partial charge in [0.05, 0.1) is 5.56 Å². The lowest BCUT2D eigenvalue weighted by atomic mass is 9.99. The third kappa shape index (κ3) is 5.75. The Hall–Kier alpha value is -2.49. The number of fused-ring (bicyclic) bond motifs is 1. The zero-order valence-corrected chi connectivity index (χ0v) is 16.9. The molecule has 0 bridgehead atoms. The summed E-state index contributed by atoms with van der Waals surface area (Å²) < 4.78 is 0. The number of hydrogen-bond donors (Lipinski definition) is 3. The minimum Gasteiger partial charge on any atom is -0.507 e. The van der Waals surface area contributed by atoms with Crippen molar-refractivity contribution in [3.8, 4) is 11.5 Å². The number of rotatable bonds is 8. The van der Waals surface area contributed by atoms with Gasteiger partial charge in [-0.15, -0.1) is 0 Å². The van der Waals surface area contributed by atoms with Crippen molar-refractivity contribution in [3.63, 3.8) is 0 Å². The maximum absolute atomic E-state index is 11.7. The van der Waals surface area contributed by atoms with Crippen molar-refractivity contribution in [2.45, 2.75) is 66.3 Å². The van der Waals surface area contributed by atoms with Gasteiger partial charge in [0, 0.05) is 17.7 Å². The predicted molar refractivity (Wildman–Crippen MR) is 110 cm³/mol. The van der Waals surface area contributed by atoms with Gasteiger partial charge in [-0.25, -0.2) is 0 Å². The minimum absolute atomic E-state index is 0.0256. The number of aromatic hydroxyl groups is 2. The molecule has 27 heavy (non-hydrogen) atoms. The number of phenols is 2. The van der Waals surface area contributed by atoms with E-state index in [1.807, 2.05) is 6.08 Å². The fraction of sp³-hybridized carbons (Fsp3) is 0.435. The average molecular weight is 370 g/mol. The summed E-state index contributed by atoms with van der Waals surface area (Å²) in [6.07, 6.45) is 11.2. The van der Waals surface area contributed by atoms with E-state index in [-0.39, 0.29) is 17.4 Å². The molecule has 4 nitrogen and oxygen atoms in total. The SMILES string of the molecule is CC(C)=CCC/C(C)=C/CC/C(C)=C/Cc1c(O)cc2c(c1O)CNC2=O. The van der Waals surface area contributed by atoms with Crippen molar-refractivity contribution < 1.29 is 15.0 Å². The van der Waals surface area contributed by atoms with E-state index >= 15 is 0 Å². The van der Waals surface area contributed by atoms with Gasteiger partial charge in [-0.2, -0.15) is 0 Å². The van der Waals surface area contributed by atoms with E-state index in [1.165, 1.54) is 22.8 Å². The molecule has 1 aliphatic heterocycles. The monoisotopic (exact) mass is 369 g/mol. The van der Waals surface area contributed by atoms with Crippen LogP contribution >= 0.6 is 0 Å². The lowest BCUT2D eigenvalue weighted by Crippen LogP contribution is -2.12. The van der Waals surface area contributed by atoms with Crippen LogP contribution in [0.5, 0.6) is 11.5 Å². The zero-order chi connectivity index (χ0) is 20.0. The van der Waals surface area contributed by atoms with Crippen molar-refractivity contribution in [1.29, 1.82) is 0 Å². The molecule has 2 rings (SSSR count). The van der Waals surface area contributed by atoms with Gasteiger partial charge < -0.3 is 15.5 Å². The number of allylic oxidation sites excluding steroid dienone is 6. The number of nitrogens with one attached hydrogen (secondary N) is 1. The molecule has 0 fully saturated rings. The summed E-state index contributed by atoms with van der Waals surface area (Å²) in [6.45, 7) is 8.80. The number of phenolic OH excluding ortho intramolecular Hbond substituents is 2. The summed E-state index contributed by atoms with van der Waals surface area (Å²) in [6, 6.07) is 1.45. The van der Waals surface area contributed by atoms with Gasteiger partial charge in [-0.3, -0.25) is 4.79 Å². The van der Waals surface area contributed by atoms with Crippen LogP contribution in [0.1, 0.15) is 74.9 Å². The van der Waals surface area contributed by atoms with E-state index in [0.29, 0.717) is 29.7 Å². The van der Waals surface area contributed by atoms with Crippen molar-refractivity contribution in [2.24, 2.45) is 0 Å². The molecule has 3 N–H and O–H groups in total. The third-order valence-corrected chi connectivity index (χ3v) is 4.93. The molecule has 0 spiro atoms. The Labute approximate surface area is 162 Å². The van der Waals surface area contributed by atoms with Gasteiger partial charge in [0.25, 0.3) is 5.91 Å². The first-order valence-electron chi connectivity index (χ1n) is 9.59. The molecule has 1 amide bonds. The van der Waals surface area contributed by atoms with Crippen LogP contribution in [0.2, 0.25) is 0 Å². The van der Waals surface area contributed by atoms with Crippen LogP contribution in [0, 0.1) is 0 Å². The zero-order valence-electron chi connectivity index (χ0n) is 16.9. The number of carbonyl (C=O) groups is 1. The summed E-state index contributed by atoms with van der Waals surface area (Å²) in [5.41, 5.74) is 5.41. The van der Waals surface area contributed by atoms with Crippen LogP contribution in [0.4, 0.5) is 0 Å². The largest absolute Gasteiger partial charge is 0.507 e. The second-order valence-corrected chi connectivity index (χ2v) is 7.60. The highest BCUT2D eigenvalue weighted by molar-refractivity contribution is 5.99. The molecule has 1 heterocycles. The van der Waals surface area contributed by atoms with Crippen LogP contribution in [0.3, 0.4) is 0 Å². The fourth-order valence-electron chi connectivity index (χ4n) is 3.20. The highest BCUT2D eigenvalue weighted by Gasteiger charge is 2.25. The lowest BCUT2D eigenvalue weighted by Gasteiger charge is -2.09. The van der Waals surface area contributed by atoms with Gasteiger partial charge in [0.2, 0.25) is 0 Å². The Balaban J connectivity index is 1.93. The van der Waals surface area contributed by atoms with Crippen LogP contribution in [-0.2, 0) is 13.0 Å². The maximum Gasteiger partial charge on any atom is 0.252 e. The quantitative estimate of drug-likeness (QED) is 0.544. The van der Waals surface area contributed by atoms with Crippen LogP contribution in [0.25, 0.3) is 0 Å². The van der Waals surface area contributed by atoms with Gasteiger partial charge in [-0.05, 0) is 65.9 Å². The lowest BCUT2D eigenvalue weighted by molar-refractivity contribution is 0.0965. The van der Waals surface area contributed by atoms with E-state index in [1.54, 1.807) is 0 Å². The first kappa shape index (κ1) is 20.8. The van der Waals surface area contributed by atoms with E-state index in [0.717, 1.165) is 25.7 Å². The molecule has 1 aromatic carbocycles. The van der Waals surface area contributed by atoms with Gasteiger partial charge in [0.1, 0.15) is 11.5 Å². The van der Waals surface area contributed by atoms with Crippen LogP contribution < -0.4 is 5.32 Å². The fourth-order valence-corrected chi connectivity index (χ4v) is 3.20. The minimum atomic E-state index is -0.249. The Morgan fingerprint density at radius 2 is 1.67 bits per heavy atom. The van der Waals surface area contributed by atoms with Crippen molar-refractivity contribution >= 4 is 5.91 Å². The molecule has 0 aromatic heterocycles. The standard InChI is InChI=1S/C23H31NO3/c1-15(2)7-5-8-16(3)9-6-10-17(4)11-12-18-21(25)13-19-20(22(18)26)14-24-23(19)27/h7,9,11,13,25-26H,5-6,8,10,12,14H2,1-4H3,(H,24,27)/b16-9+,17-11+. The topological polar surface area (TPSA) is 69.6 Å². The molecule has 0 saturated carbocycles. The van der Waals surface area contributed by atoms with Crippen LogP contribution in [0.15, 0.2) is 41.0 Å². The van der Waals surface area contributed by atoms with E-state index in [9.17, 15) is 15.0 Å². The summed E-state index contributed by atoms with van der Waals surface area (Å²) in [7, 11) is 0. The number of amides is 1. The smallest absolute Gasteiger partial charge is 0.252 e. The van der Waals surface area contributed by atoms with E-state index < -0.39 is 0 Å². The van der Waals surface area contributed by atoms with Crippen molar-refractivity contribution in [2.75, 3.05) is 0 Å². The molecule has 1 aromatic rings. The molecule has 0 radical (unpaired) electrons. The van der Waals surface area contributed by atoms with E-state index in [2.05, 4.69) is 45.2 Å². The van der Waals surface area contributed by atoms with Crippen LogP contribution in [-0.4, -0.2) is 16.1 Å². The number of hydrogen-bond acceptors (Lipinski definition) is 3. The molecular formula is C23H31NO3. The third-order valence-electron chi connectivity index (χ3n) is 4.93. The van der Waals surface area contributed by atoms with E-state index in [4.69, 9.17) is 0 Å². The second kappa shape index (κ2) is 9.45. The molecule has 0 unspecified atom stereocenters. The average Bonchev–Trinajstić information content (AvgIpc) is 2.95. The number of carbonyl (C=O) groups excluding carboxylic acids is 1. The second-order valence-electron chi connectivity index (χ2n) is 7.60. The summed E-state index contributed by atoms with van der Waals surface area (Å²) in [5.74, 6) is -0.245. The molecular weight excluding hydrogens is 338 g/mol. The van der Waals surface area contributed by atoms with Crippen molar-refractivity contribution in [3.05, 3.63) is 57.7 Å². The molecule has 0 aliphatic carbocycles. The van der Waals surface area contributed by atoms with Gasteiger partial charge in [0.15, 0.2) is 0 Å². The molecule has 0 saturated heterocycles. The Kier molecular flexibility index (Phi) is 7.28. The highest BCUT2D eigenvalue weighted by atomic mass is 16.3. The normalized spacial score (nSPS) is 14.1.